The monoisotopic (exact) mass is 246 g/mol. The quantitative estimate of drug-likeness (QED) is 0.813. The van der Waals surface area contributed by atoms with Gasteiger partial charge < -0.3 is 10.6 Å². The van der Waals surface area contributed by atoms with Crippen LogP contribution in [0.2, 0.25) is 0 Å². The molecule has 1 aliphatic heterocycles. The van der Waals surface area contributed by atoms with Crippen LogP contribution in [0.25, 0.3) is 0 Å². The van der Waals surface area contributed by atoms with Gasteiger partial charge in [0.25, 0.3) is 5.91 Å². The second-order valence-electron chi connectivity index (χ2n) is 5.35. The van der Waals surface area contributed by atoms with Crippen LogP contribution >= 0.6 is 0 Å². The molecule has 1 unspecified atom stereocenters. The topological polar surface area (TPSA) is 66.9 Å². The number of aromatic nitrogens is 2. The van der Waals surface area contributed by atoms with Gasteiger partial charge in [0.1, 0.15) is 6.33 Å². The van der Waals surface area contributed by atoms with Crippen LogP contribution < -0.4 is 10.6 Å². The van der Waals surface area contributed by atoms with Crippen molar-refractivity contribution in [2.45, 2.75) is 43.7 Å². The van der Waals surface area contributed by atoms with Gasteiger partial charge in [0.15, 0.2) is 0 Å². The van der Waals surface area contributed by atoms with E-state index in [9.17, 15) is 4.79 Å². The van der Waals surface area contributed by atoms with E-state index in [-0.39, 0.29) is 11.9 Å². The van der Waals surface area contributed by atoms with E-state index in [1.807, 2.05) is 0 Å². The summed E-state index contributed by atoms with van der Waals surface area (Å²) in [5.41, 5.74) is 0.849. The molecule has 2 aliphatic rings. The predicted molar refractivity (Wildman–Crippen MR) is 67.1 cm³/mol. The molecule has 0 bridgehead atoms. The van der Waals surface area contributed by atoms with Gasteiger partial charge in [0, 0.05) is 24.0 Å². The van der Waals surface area contributed by atoms with Gasteiger partial charge in [-0.3, -0.25) is 4.79 Å². The number of nitrogens with zero attached hydrogens (tertiary/aromatic N) is 2. The lowest BCUT2D eigenvalue weighted by Crippen LogP contribution is -2.59. The Labute approximate surface area is 106 Å². The van der Waals surface area contributed by atoms with Crippen molar-refractivity contribution in [3.63, 3.8) is 0 Å². The van der Waals surface area contributed by atoms with Crippen molar-refractivity contribution in [2.75, 3.05) is 6.54 Å². The third kappa shape index (κ3) is 2.22. The molecule has 1 amide bonds. The maximum absolute atomic E-state index is 12.0. The van der Waals surface area contributed by atoms with E-state index in [4.69, 9.17) is 0 Å². The van der Waals surface area contributed by atoms with Crippen LogP contribution in [0, 0.1) is 0 Å². The highest BCUT2D eigenvalue weighted by Gasteiger charge is 2.41. The number of hydrogen-bond donors (Lipinski definition) is 2. The molecule has 1 aromatic rings. The van der Waals surface area contributed by atoms with Crippen LogP contribution in [0.15, 0.2) is 18.7 Å². The van der Waals surface area contributed by atoms with Crippen molar-refractivity contribution in [3.05, 3.63) is 24.3 Å². The summed E-state index contributed by atoms with van der Waals surface area (Å²) in [6, 6.07) is 0.277. The average Bonchev–Trinajstić information content (AvgIpc) is 2.38. The maximum Gasteiger partial charge on any atom is 0.254 e. The molecule has 18 heavy (non-hydrogen) atoms. The molecule has 0 aromatic carbocycles. The van der Waals surface area contributed by atoms with Crippen LogP contribution in [-0.4, -0.2) is 34.0 Å². The number of piperidine rings is 1. The van der Waals surface area contributed by atoms with E-state index in [2.05, 4.69) is 20.6 Å². The Balaban J connectivity index is 1.61. The zero-order valence-corrected chi connectivity index (χ0v) is 10.4. The summed E-state index contributed by atoms with van der Waals surface area (Å²) in [4.78, 5) is 19.8. The van der Waals surface area contributed by atoms with Gasteiger partial charge >= 0.3 is 0 Å². The smallest absolute Gasteiger partial charge is 0.254 e. The van der Waals surface area contributed by atoms with Crippen molar-refractivity contribution >= 4 is 5.91 Å². The zero-order valence-electron chi connectivity index (χ0n) is 10.4. The lowest BCUT2D eigenvalue weighted by atomic mass is 9.70. The lowest BCUT2D eigenvalue weighted by Gasteiger charge is -2.48. The molecule has 2 N–H and O–H groups in total. The van der Waals surface area contributed by atoms with Crippen molar-refractivity contribution in [2.24, 2.45) is 0 Å². The van der Waals surface area contributed by atoms with Gasteiger partial charge in [0.2, 0.25) is 0 Å². The van der Waals surface area contributed by atoms with Crippen molar-refractivity contribution in [3.8, 4) is 0 Å². The maximum atomic E-state index is 12.0. The first-order valence-corrected chi connectivity index (χ1v) is 6.58. The number of nitrogens with one attached hydrogen (secondary N) is 2. The van der Waals surface area contributed by atoms with Gasteiger partial charge in [0.05, 0.1) is 5.56 Å². The average molecular weight is 246 g/mol. The summed E-state index contributed by atoms with van der Waals surface area (Å²) in [7, 11) is 0. The number of carbonyl (C=O) groups excluding carboxylic acids is 1. The fourth-order valence-electron chi connectivity index (χ4n) is 2.95. The minimum atomic E-state index is -0.0584. The highest BCUT2D eigenvalue weighted by atomic mass is 16.1. The SMILES string of the molecule is O=C(NC1CCNC2(CCC2)C1)c1cncnc1. The first-order valence-electron chi connectivity index (χ1n) is 6.58. The van der Waals surface area contributed by atoms with Crippen molar-refractivity contribution < 1.29 is 4.79 Å². The molecule has 1 atom stereocenters. The van der Waals surface area contributed by atoms with E-state index < -0.39 is 0 Å². The third-order valence-corrected chi connectivity index (χ3v) is 4.10. The van der Waals surface area contributed by atoms with Gasteiger partial charge in [-0.25, -0.2) is 9.97 Å². The Hall–Kier alpha value is -1.49. The third-order valence-electron chi connectivity index (χ3n) is 4.10. The molecule has 2 fully saturated rings. The molecular weight excluding hydrogens is 228 g/mol. The van der Waals surface area contributed by atoms with Crippen LogP contribution in [0.5, 0.6) is 0 Å². The minimum absolute atomic E-state index is 0.0584. The Morgan fingerprint density at radius 2 is 2.17 bits per heavy atom. The van der Waals surface area contributed by atoms with Crippen LogP contribution in [0.3, 0.4) is 0 Å². The van der Waals surface area contributed by atoms with Gasteiger partial charge in [-0.15, -0.1) is 0 Å². The Morgan fingerprint density at radius 3 is 2.83 bits per heavy atom. The standard InChI is InChI=1S/C13H18N4O/c18-12(10-7-14-9-15-8-10)17-11-2-5-16-13(6-11)3-1-4-13/h7-9,11,16H,1-6H2,(H,17,18). The second kappa shape index (κ2) is 4.65. The Kier molecular flexibility index (Phi) is 2.99. The minimum Gasteiger partial charge on any atom is -0.349 e. The van der Waals surface area contributed by atoms with Gasteiger partial charge in [-0.1, -0.05) is 0 Å². The fourth-order valence-corrected chi connectivity index (χ4v) is 2.95. The second-order valence-corrected chi connectivity index (χ2v) is 5.35. The number of amides is 1. The van der Waals surface area contributed by atoms with E-state index in [0.717, 1.165) is 19.4 Å². The van der Waals surface area contributed by atoms with E-state index in [1.54, 1.807) is 12.4 Å². The molecule has 1 aromatic heterocycles. The molecule has 2 heterocycles. The fraction of sp³-hybridized carbons (Fsp3) is 0.615. The molecule has 1 saturated heterocycles. The van der Waals surface area contributed by atoms with Crippen LogP contribution in [-0.2, 0) is 0 Å². The molecule has 5 nitrogen and oxygen atoms in total. The molecule has 3 rings (SSSR count). The normalized spacial score (nSPS) is 25.4. The molecule has 5 heteroatoms. The number of rotatable bonds is 2. The molecule has 0 radical (unpaired) electrons. The number of hydrogen-bond acceptors (Lipinski definition) is 4. The largest absolute Gasteiger partial charge is 0.349 e. The van der Waals surface area contributed by atoms with Crippen molar-refractivity contribution in [1.82, 2.24) is 20.6 Å². The highest BCUT2D eigenvalue weighted by Crippen LogP contribution is 2.38. The molecular formula is C13H18N4O. The van der Waals surface area contributed by atoms with Gasteiger partial charge in [-0.05, 0) is 38.6 Å². The summed E-state index contributed by atoms with van der Waals surface area (Å²) in [5, 5.41) is 6.70. The van der Waals surface area contributed by atoms with Crippen LogP contribution in [0.4, 0.5) is 0 Å². The van der Waals surface area contributed by atoms with Crippen molar-refractivity contribution in [1.29, 1.82) is 0 Å². The Bertz CT molecular complexity index is 430. The summed E-state index contributed by atoms with van der Waals surface area (Å²) in [5.74, 6) is -0.0584. The first kappa shape index (κ1) is 11.6. The van der Waals surface area contributed by atoms with Gasteiger partial charge in [-0.2, -0.15) is 0 Å². The molecule has 96 valence electrons. The number of carbonyl (C=O) groups is 1. The zero-order chi connectivity index (χ0) is 12.4. The van der Waals surface area contributed by atoms with E-state index in [1.165, 1.54) is 25.6 Å². The van der Waals surface area contributed by atoms with E-state index in [0.29, 0.717) is 11.1 Å². The summed E-state index contributed by atoms with van der Waals surface area (Å²) in [6.07, 6.45) is 10.4. The summed E-state index contributed by atoms with van der Waals surface area (Å²) in [6.45, 7) is 0.996. The van der Waals surface area contributed by atoms with E-state index >= 15 is 0 Å². The summed E-state index contributed by atoms with van der Waals surface area (Å²) >= 11 is 0. The molecule has 1 spiro atoms. The van der Waals surface area contributed by atoms with Crippen LogP contribution in [0.1, 0.15) is 42.5 Å². The molecule has 1 saturated carbocycles. The predicted octanol–water partition coefficient (Wildman–Crippen LogP) is 0.881. The Morgan fingerprint density at radius 1 is 1.39 bits per heavy atom. The summed E-state index contributed by atoms with van der Waals surface area (Å²) < 4.78 is 0. The molecule has 1 aliphatic carbocycles. The highest BCUT2D eigenvalue weighted by molar-refractivity contribution is 5.93. The first-order chi connectivity index (χ1) is 8.77. The lowest BCUT2D eigenvalue weighted by molar-refractivity contribution is 0.0852.